The first-order valence-corrected chi connectivity index (χ1v) is 4.86. The van der Waals surface area contributed by atoms with E-state index in [0.717, 1.165) is 0 Å². The molecule has 0 aromatic carbocycles. The highest BCUT2D eigenvalue weighted by Crippen LogP contribution is 2.18. The topological polar surface area (TPSA) is 113 Å². The molecule has 7 heteroatoms. The fourth-order valence-electron chi connectivity index (χ4n) is 1.63. The molecule has 86 valence electrons. The third-order valence-electron chi connectivity index (χ3n) is 2.48. The predicted octanol–water partition coefficient (Wildman–Crippen LogP) is -0.672. The summed E-state index contributed by atoms with van der Waals surface area (Å²) in [6.07, 6.45) is 1.46. The zero-order valence-electron chi connectivity index (χ0n) is 8.50. The summed E-state index contributed by atoms with van der Waals surface area (Å²) in [5, 5.41) is 18.1. The minimum atomic E-state index is -1.15. The van der Waals surface area contributed by atoms with E-state index < -0.39 is 5.97 Å². The Morgan fingerprint density at radius 1 is 1.62 bits per heavy atom. The van der Waals surface area contributed by atoms with Crippen molar-refractivity contribution in [3.63, 3.8) is 0 Å². The number of carboxylic acids is 1. The lowest BCUT2D eigenvalue weighted by Gasteiger charge is -2.15. The first-order valence-electron chi connectivity index (χ1n) is 4.86. The normalized spacial score (nSPS) is 20.1. The summed E-state index contributed by atoms with van der Waals surface area (Å²) < 4.78 is 0. The van der Waals surface area contributed by atoms with Gasteiger partial charge in [-0.15, -0.1) is 0 Å². The Labute approximate surface area is 91.5 Å². The van der Waals surface area contributed by atoms with Crippen LogP contribution in [0.15, 0.2) is 6.20 Å². The maximum Gasteiger partial charge on any atom is 0.341 e. The van der Waals surface area contributed by atoms with Gasteiger partial charge >= 0.3 is 5.97 Å². The van der Waals surface area contributed by atoms with Crippen LogP contribution in [0.25, 0.3) is 0 Å². The second kappa shape index (κ2) is 3.93. The van der Waals surface area contributed by atoms with E-state index >= 15 is 0 Å². The summed E-state index contributed by atoms with van der Waals surface area (Å²) in [6, 6.07) is 0. The van der Waals surface area contributed by atoms with Crippen molar-refractivity contribution in [1.82, 2.24) is 9.97 Å². The maximum absolute atomic E-state index is 10.7. The minimum absolute atomic E-state index is 0.0566. The molecule has 0 bridgehead atoms. The Morgan fingerprint density at radius 2 is 2.38 bits per heavy atom. The number of carboxylic acid groups (broad SMARTS) is 1. The molecule has 0 saturated carbocycles. The van der Waals surface area contributed by atoms with Crippen LogP contribution >= 0.6 is 0 Å². The monoisotopic (exact) mass is 224 g/mol. The van der Waals surface area contributed by atoms with Gasteiger partial charge in [-0.3, -0.25) is 0 Å². The van der Waals surface area contributed by atoms with Gasteiger partial charge in [-0.25, -0.2) is 9.78 Å². The summed E-state index contributed by atoms with van der Waals surface area (Å²) in [5.74, 6) is -0.844. The summed E-state index contributed by atoms with van der Waals surface area (Å²) in [5.41, 5.74) is 5.40. The molecular formula is C9H12N4O3. The Bertz CT molecular complexity index is 423. The zero-order valence-corrected chi connectivity index (χ0v) is 8.50. The Balaban J connectivity index is 2.24. The van der Waals surface area contributed by atoms with Crippen LogP contribution in [-0.2, 0) is 0 Å². The highest BCUT2D eigenvalue weighted by atomic mass is 16.4. The third-order valence-corrected chi connectivity index (χ3v) is 2.48. The average molecular weight is 224 g/mol. The van der Waals surface area contributed by atoms with Crippen molar-refractivity contribution in [1.29, 1.82) is 0 Å². The van der Waals surface area contributed by atoms with Crippen LogP contribution in [0.2, 0.25) is 0 Å². The molecule has 1 aromatic heterocycles. The van der Waals surface area contributed by atoms with Crippen molar-refractivity contribution in [3.05, 3.63) is 11.8 Å². The van der Waals surface area contributed by atoms with Gasteiger partial charge in [0.05, 0.1) is 6.10 Å². The largest absolute Gasteiger partial charge is 0.477 e. The van der Waals surface area contributed by atoms with Crippen LogP contribution < -0.4 is 10.6 Å². The molecule has 0 spiro atoms. The number of carbonyl (C=O) groups is 1. The fourth-order valence-corrected chi connectivity index (χ4v) is 1.63. The van der Waals surface area contributed by atoms with Gasteiger partial charge in [-0.05, 0) is 6.42 Å². The van der Waals surface area contributed by atoms with Gasteiger partial charge in [0.2, 0.25) is 5.95 Å². The first kappa shape index (κ1) is 10.6. The van der Waals surface area contributed by atoms with Crippen molar-refractivity contribution < 1.29 is 15.0 Å². The molecule has 0 radical (unpaired) electrons. The molecule has 2 heterocycles. The Morgan fingerprint density at radius 3 is 2.88 bits per heavy atom. The van der Waals surface area contributed by atoms with Gasteiger partial charge in [0.25, 0.3) is 0 Å². The SMILES string of the molecule is Nc1nc(N2CCC(O)C2)ncc1C(=O)O. The lowest BCUT2D eigenvalue weighted by atomic mass is 10.3. The number of aliphatic hydroxyl groups is 1. The van der Waals surface area contributed by atoms with Crippen molar-refractivity contribution in [2.45, 2.75) is 12.5 Å². The van der Waals surface area contributed by atoms with Crippen LogP contribution in [0, 0.1) is 0 Å². The third kappa shape index (κ3) is 1.89. The molecule has 1 saturated heterocycles. The van der Waals surface area contributed by atoms with E-state index in [1.165, 1.54) is 6.20 Å². The lowest BCUT2D eigenvalue weighted by Crippen LogP contribution is -2.24. The number of hydrogen-bond acceptors (Lipinski definition) is 6. The van der Waals surface area contributed by atoms with E-state index in [-0.39, 0.29) is 17.5 Å². The van der Waals surface area contributed by atoms with Crippen LogP contribution in [0.3, 0.4) is 0 Å². The van der Waals surface area contributed by atoms with Gasteiger partial charge in [-0.2, -0.15) is 4.98 Å². The number of aliphatic hydroxyl groups excluding tert-OH is 1. The van der Waals surface area contributed by atoms with Crippen molar-refractivity contribution in [2.75, 3.05) is 23.7 Å². The molecule has 7 nitrogen and oxygen atoms in total. The van der Waals surface area contributed by atoms with Crippen LogP contribution in [0.5, 0.6) is 0 Å². The standard InChI is InChI=1S/C9H12N4O3/c10-7-6(8(15)16)3-11-9(12-7)13-2-1-5(14)4-13/h3,5,14H,1-2,4H2,(H,15,16)(H2,10,11,12). The number of hydrogen-bond donors (Lipinski definition) is 3. The molecule has 2 rings (SSSR count). The van der Waals surface area contributed by atoms with Crippen molar-refractivity contribution >= 4 is 17.7 Å². The Hall–Kier alpha value is -1.89. The fraction of sp³-hybridized carbons (Fsp3) is 0.444. The number of nitrogens with zero attached hydrogens (tertiary/aromatic N) is 3. The summed E-state index contributed by atoms with van der Waals surface area (Å²) in [6.45, 7) is 1.10. The number of β-amino-alcohol motifs (C(OH)–C–C–N with tert-alkyl or cyclic N) is 1. The predicted molar refractivity (Wildman–Crippen MR) is 56.2 cm³/mol. The van der Waals surface area contributed by atoms with E-state index in [0.29, 0.717) is 25.5 Å². The second-order valence-corrected chi connectivity index (χ2v) is 3.66. The van der Waals surface area contributed by atoms with Gasteiger partial charge < -0.3 is 20.8 Å². The number of nitrogen functional groups attached to an aromatic ring is 1. The van der Waals surface area contributed by atoms with Gasteiger partial charge in [-0.1, -0.05) is 0 Å². The number of aromatic nitrogens is 2. The number of aromatic carboxylic acids is 1. The molecule has 1 aromatic rings. The van der Waals surface area contributed by atoms with Gasteiger partial charge in [0.1, 0.15) is 11.4 Å². The molecule has 1 unspecified atom stereocenters. The zero-order chi connectivity index (χ0) is 11.7. The van der Waals surface area contributed by atoms with Crippen molar-refractivity contribution in [3.8, 4) is 0 Å². The minimum Gasteiger partial charge on any atom is -0.477 e. The van der Waals surface area contributed by atoms with Crippen LogP contribution in [-0.4, -0.2) is 45.3 Å². The number of rotatable bonds is 2. The molecule has 1 atom stereocenters. The smallest absolute Gasteiger partial charge is 0.341 e. The number of anilines is 2. The molecule has 0 amide bonds. The number of nitrogens with two attached hydrogens (primary N) is 1. The van der Waals surface area contributed by atoms with Gasteiger partial charge in [0, 0.05) is 19.3 Å². The average Bonchev–Trinajstić information content (AvgIpc) is 2.64. The summed E-state index contributed by atoms with van der Waals surface area (Å²) >= 11 is 0. The maximum atomic E-state index is 10.7. The molecule has 16 heavy (non-hydrogen) atoms. The van der Waals surface area contributed by atoms with E-state index in [1.807, 2.05) is 0 Å². The molecule has 4 N–H and O–H groups in total. The summed E-state index contributed by atoms with van der Waals surface area (Å²) in [4.78, 5) is 20.3. The van der Waals surface area contributed by atoms with E-state index in [9.17, 15) is 9.90 Å². The van der Waals surface area contributed by atoms with Crippen LogP contribution in [0.4, 0.5) is 11.8 Å². The molecule has 0 aliphatic carbocycles. The van der Waals surface area contributed by atoms with Gasteiger partial charge in [0.15, 0.2) is 0 Å². The highest BCUT2D eigenvalue weighted by molar-refractivity contribution is 5.92. The highest BCUT2D eigenvalue weighted by Gasteiger charge is 2.23. The summed E-state index contributed by atoms with van der Waals surface area (Å²) in [7, 11) is 0. The van der Waals surface area contributed by atoms with E-state index in [4.69, 9.17) is 10.8 Å². The molecule has 1 fully saturated rings. The quantitative estimate of drug-likeness (QED) is 0.610. The first-order chi connectivity index (χ1) is 7.58. The second-order valence-electron chi connectivity index (χ2n) is 3.66. The Kier molecular flexibility index (Phi) is 2.61. The lowest BCUT2D eigenvalue weighted by molar-refractivity contribution is 0.0697. The van der Waals surface area contributed by atoms with E-state index in [1.54, 1.807) is 4.90 Å². The molecular weight excluding hydrogens is 212 g/mol. The molecule has 1 aliphatic heterocycles. The molecule has 1 aliphatic rings. The van der Waals surface area contributed by atoms with Crippen LogP contribution in [0.1, 0.15) is 16.8 Å². The van der Waals surface area contributed by atoms with Crippen molar-refractivity contribution in [2.24, 2.45) is 0 Å². The van der Waals surface area contributed by atoms with E-state index in [2.05, 4.69) is 9.97 Å².